The number of sulfonamides is 1. The van der Waals surface area contributed by atoms with Gasteiger partial charge in [-0.2, -0.15) is 0 Å². The molecule has 4 aromatic rings. The molecule has 0 bridgehead atoms. The first kappa shape index (κ1) is 20.0. The molecule has 152 valence electrons. The third kappa shape index (κ3) is 3.66. The van der Waals surface area contributed by atoms with E-state index in [4.69, 9.17) is 0 Å². The maximum absolute atomic E-state index is 13.6. The predicted molar refractivity (Wildman–Crippen MR) is 115 cm³/mol. The molecule has 0 fully saturated rings. The lowest BCUT2D eigenvalue weighted by atomic mass is 10.0. The van der Waals surface area contributed by atoms with E-state index >= 15 is 0 Å². The zero-order valence-corrected chi connectivity index (χ0v) is 16.6. The highest BCUT2D eigenvalue weighted by Gasteiger charge is 2.33. The summed E-state index contributed by atoms with van der Waals surface area (Å²) in [6.45, 7) is 0. The standard InChI is InChI=1S/C23H19NO5S/c25-21(23(26)27)20(15-8-2-1-3-9-15)24-30(28,29)22-18-12-6-4-10-16(18)14-17-11-5-7-13-19(17)22/h1-14,20-21,24-25H,(H,26,27)/t20-,21?/m0/s1. The van der Waals surface area contributed by atoms with Gasteiger partial charge in [0.25, 0.3) is 0 Å². The van der Waals surface area contributed by atoms with Gasteiger partial charge in [0.1, 0.15) is 0 Å². The number of carboxylic acid groups (broad SMARTS) is 1. The molecule has 0 heterocycles. The lowest BCUT2D eigenvalue weighted by Crippen LogP contribution is -2.40. The second-order valence-corrected chi connectivity index (χ2v) is 8.59. The number of fused-ring (bicyclic) bond motifs is 2. The zero-order valence-electron chi connectivity index (χ0n) is 15.8. The highest BCUT2D eigenvalue weighted by atomic mass is 32.2. The molecule has 0 amide bonds. The van der Waals surface area contributed by atoms with Crippen LogP contribution in [0.25, 0.3) is 21.5 Å². The van der Waals surface area contributed by atoms with Gasteiger partial charge in [0, 0.05) is 10.8 Å². The minimum absolute atomic E-state index is 0.0507. The number of carbonyl (C=O) groups is 1. The van der Waals surface area contributed by atoms with Gasteiger partial charge >= 0.3 is 5.97 Å². The molecular formula is C23H19NO5S. The number of hydrogen-bond acceptors (Lipinski definition) is 4. The number of aliphatic carboxylic acids is 1. The van der Waals surface area contributed by atoms with Crippen LogP contribution in [0.4, 0.5) is 0 Å². The van der Waals surface area contributed by atoms with Gasteiger partial charge in [0.2, 0.25) is 10.0 Å². The van der Waals surface area contributed by atoms with Gasteiger partial charge in [-0.1, -0.05) is 78.9 Å². The number of aliphatic hydroxyl groups is 1. The molecular weight excluding hydrogens is 402 g/mol. The normalized spacial score (nSPS) is 13.9. The molecule has 3 N–H and O–H groups in total. The summed E-state index contributed by atoms with van der Waals surface area (Å²) < 4.78 is 29.5. The van der Waals surface area contributed by atoms with E-state index < -0.39 is 28.1 Å². The minimum atomic E-state index is -4.21. The monoisotopic (exact) mass is 421 g/mol. The van der Waals surface area contributed by atoms with Crippen LogP contribution in [0.2, 0.25) is 0 Å². The van der Waals surface area contributed by atoms with E-state index in [-0.39, 0.29) is 4.90 Å². The first-order valence-corrected chi connectivity index (χ1v) is 10.8. The van der Waals surface area contributed by atoms with Crippen LogP contribution in [-0.2, 0) is 14.8 Å². The molecule has 0 aliphatic carbocycles. The van der Waals surface area contributed by atoms with Crippen LogP contribution >= 0.6 is 0 Å². The SMILES string of the molecule is O=C(O)C(O)[C@@H](NS(=O)(=O)c1c2ccccc2cc2ccccc12)c1ccccc1. The number of nitrogens with one attached hydrogen (secondary N) is 1. The molecule has 0 spiro atoms. The van der Waals surface area contributed by atoms with Gasteiger partial charge in [0.05, 0.1) is 10.9 Å². The van der Waals surface area contributed by atoms with E-state index in [9.17, 15) is 23.4 Å². The van der Waals surface area contributed by atoms with Crippen molar-refractivity contribution < 1.29 is 23.4 Å². The van der Waals surface area contributed by atoms with Crippen LogP contribution in [0.15, 0.2) is 89.8 Å². The maximum atomic E-state index is 13.6. The summed E-state index contributed by atoms with van der Waals surface area (Å²) >= 11 is 0. The van der Waals surface area contributed by atoms with Crippen LogP contribution in [0.3, 0.4) is 0 Å². The Hall–Kier alpha value is -3.26. The van der Waals surface area contributed by atoms with Gasteiger partial charge in [0.15, 0.2) is 6.10 Å². The fourth-order valence-electron chi connectivity index (χ4n) is 3.61. The van der Waals surface area contributed by atoms with Crippen molar-refractivity contribution in [1.82, 2.24) is 4.72 Å². The Morgan fingerprint density at radius 1 is 0.800 bits per heavy atom. The molecule has 0 radical (unpaired) electrons. The summed E-state index contributed by atoms with van der Waals surface area (Å²) in [7, 11) is -4.21. The van der Waals surface area contributed by atoms with Gasteiger partial charge in [-0.3, -0.25) is 0 Å². The fraction of sp³-hybridized carbons (Fsp3) is 0.0870. The summed E-state index contributed by atoms with van der Waals surface area (Å²) in [6.07, 6.45) is -1.96. The summed E-state index contributed by atoms with van der Waals surface area (Å²) in [5.41, 5.74) is 0.348. The maximum Gasteiger partial charge on any atom is 0.334 e. The van der Waals surface area contributed by atoms with Crippen molar-refractivity contribution in [3.05, 3.63) is 90.5 Å². The molecule has 7 heteroatoms. The Morgan fingerprint density at radius 3 is 1.83 bits per heavy atom. The third-order valence-corrected chi connectivity index (χ3v) is 6.54. The molecule has 0 aromatic heterocycles. The topological polar surface area (TPSA) is 104 Å². The first-order valence-electron chi connectivity index (χ1n) is 9.27. The number of hydrogen-bond donors (Lipinski definition) is 3. The summed E-state index contributed by atoms with van der Waals surface area (Å²) in [4.78, 5) is 11.5. The number of aliphatic hydroxyl groups excluding tert-OH is 1. The third-order valence-electron chi connectivity index (χ3n) is 5.00. The molecule has 30 heavy (non-hydrogen) atoms. The fourth-order valence-corrected chi connectivity index (χ4v) is 5.27. The van der Waals surface area contributed by atoms with Crippen molar-refractivity contribution >= 4 is 37.5 Å². The Bertz CT molecular complexity index is 1280. The van der Waals surface area contributed by atoms with Gasteiger partial charge in [-0.25, -0.2) is 17.9 Å². The average Bonchev–Trinajstić information content (AvgIpc) is 2.75. The molecule has 0 saturated heterocycles. The molecule has 0 aliphatic heterocycles. The van der Waals surface area contributed by atoms with Gasteiger partial charge < -0.3 is 10.2 Å². The first-order chi connectivity index (χ1) is 14.4. The highest BCUT2D eigenvalue weighted by Crippen LogP contribution is 2.33. The molecule has 6 nitrogen and oxygen atoms in total. The van der Waals surface area contributed by atoms with E-state index in [2.05, 4.69) is 4.72 Å². The molecule has 1 unspecified atom stereocenters. The molecule has 0 saturated carbocycles. The van der Waals surface area contributed by atoms with Crippen molar-refractivity contribution in [3.63, 3.8) is 0 Å². The van der Waals surface area contributed by atoms with E-state index in [1.807, 2.05) is 30.3 Å². The Labute approximate surface area is 173 Å². The van der Waals surface area contributed by atoms with Crippen molar-refractivity contribution in [3.8, 4) is 0 Å². The van der Waals surface area contributed by atoms with E-state index in [1.165, 1.54) is 0 Å². The number of rotatable bonds is 6. The van der Waals surface area contributed by atoms with Crippen LogP contribution in [0.1, 0.15) is 11.6 Å². The smallest absolute Gasteiger partial charge is 0.334 e. The van der Waals surface area contributed by atoms with Crippen molar-refractivity contribution in [2.75, 3.05) is 0 Å². The highest BCUT2D eigenvalue weighted by molar-refractivity contribution is 7.90. The zero-order chi connectivity index (χ0) is 21.3. The minimum Gasteiger partial charge on any atom is -0.479 e. The van der Waals surface area contributed by atoms with Crippen molar-refractivity contribution in [2.24, 2.45) is 0 Å². The largest absolute Gasteiger partial charge is 0.479 e. The van der Waals surface area contributed by atoms with E-state index in [1.54, 1.807) is 54.6 Å². The van der Waals surface area contributed by atoms with Crippen LogP contribution in [0.5, 0.6) is 0 Å². The lowest BCUT2D eigenvalue weighted by Gasteiger charge is -2.23. The molecule has 4 aromatic carbocycles. The Kier molecular flexibility index (Phi) is 5.26. The van der Waals surface area contributed by atoms with E-state index in [0.717, 1.165) is 10.8 Å². The molecule has 2 atom stereocenters. The van der Waals surface area contributed by atoms with E-state index in [0.29, 0.717) is 16.3 Å². The number of carboxylic acids is 1. The summed E-state index contributed by atoms with van der Waals surface area (Å²) in [5.74, 6) is -1.52. The Balaban J connectivity index is 1.92. The predicted octanol–water partition coefficient (Wildman–Crippen LogP) is 3.46. The quantitative estimate of drug-likeness (QED) is 0.414. The van der Waals surface area contributed by atoms with Gasteiger partial charge in [-0.05, 0) is 22.4 Å². The number of benzene rings is 4. The lowest BCUT2D eigenvalue weighted by molar-refractivity contribution is -0.148. The van der Waals surface area contributed by atoms with Crippen molar-refractivity contribution in [2.45, 2.75) is 17.0 Å². The van der Waals surface area contributed by atoms with Crippen LogP contribution in [-0.4, -0.2) is 30.7 Å². The van der Waals surface area contributed by atoms with Gasteiger partial charge in [-0.15, -0.1) is 0 Å². The molecule has 4 rings (SSSR count). The second-order valence-electron chi connectivity index (χ2n) is 6.94. The van der Waals surface area contributed by atoms with Crippen molar-refractivity contribution in [1.29, 1.82) is 0 Å². The average molecular weight is 421 g/mol. The summed E-state index contributed by atoms with van der Waals surface area (Å²) in [5, 5.41) is 22.1. The second kappa shape index (κ2) is 7.87. The van der Waals surface area contributed by atoms with Crippen LogP contribution in [0, 0.1) is 0 Å². The molecule has 0 aliphatic rings. The summed E-state index contributed by atoms with van der Waals surface area (Å²) in [6, 6.07) is 22.9. The Morgan fingerprint density at radius 2 is 1.30 bits per heavy atom. The van der Waals surface area contributed by atoms with Crippen LogP contribution < -0.4 is 4.72 Å².